The summed E-state index contributed by atoms with van der Waals surface area (Å²) in [6.07, 6.45) is -1.87. The highest BCUT2D eigenvalue weighted by Crippen LogP contribution is 2.22. The Hall–Kier alpha value is -1.59. The number of carbonyl (C=O) groups excluding carboxylic acids is 1. The molecule has 1 aromatic rings. The van der Waals surface area contributed by atoms with Crippen molar-refractivity contribution in [2.75, 3.05) is 18.0 Å². The smallest absolute Gasteiger partial charge is 0.347 e. The van der Waals surface area contributed by atoms with E-state index in [4.69, 9.17) is 0 Å². The Labute approximate surface area is 97.3 Å². The number of carbonyl (C=O) groups is 1. The van der Waals surface area contributed by atoms with Crippen LogP contribution in [0.25, 0.3) is 0 Å². The number of nitrogens with zero attached hydrogens (tertiary/aromatic N) is 2. The van der Waals surface area contributed by atoms with Crippen molar-refractivity contribution >= 4 is 12.1 Å². The largest absolute Gasteiger partial charge is 0.405 e. The molecule has 0 fully saturated rings. The summed E-state index contributed by atoms with van der Waals surface area (Å²) < 4.78 is 37.2. The van der Waals surface area contributed by atoms with Gasteiger partial charge in [-0.15, -0.1) is 0 Å². The van der Waals surface area contributed by atoms with Crippen LogP contribution in [0.15, 0.2) is 18.3 Å². The Bertz CT molecular complexity index is 379. The molecule has 0 aliphatic carbocycles. The van der Waals surface area contributed by atoms with E-state index in [2.05, 4.69) is 4.98 Å². The van der Waals surface area contributed by atoms with Gasteiger partial charge in [0.1, 0.15) is 12.4 Å². The molecule has 0 N–H and O–H groups in total. The molecule has 0 aliphatic rings. The zero-order valence-electron chi connectivity index (χ0n) is 9.37. The molecule has 94 valence electrons. The van der Waals surface area contributed by atoms with Crippen molar-refractivity contribution in [2.45, 2.75) is 19.5 Å². The highest BCUT2D eigenvalue weighted by atomic mass is 19.4. The first-order valence-electron chi connectivity index (χ1n) is 5.20. The van der Waals surface area contributed by atoms with E-state index < -0.39 is 12.7 Å². The molecule has 0 unspecified atom stereocenters. The van der Waals surface area contributed by atoms with Crippen LogP contribution < -0.4 is 4.90 Å². The Balaban J connectivity index is 3.00. The molecular weight excluding hydrogens is 233 g/mol. The van der Waals surface area contributed by atoms with E-state index in [0.717, 1.165) is 4.90 Å². The van der Waals surface area contributed by atoms with Crippen molar-refractivity contribution in [3.8, 4) is 0 Å². The molecule has 1 heterocycles. The van der Waals surface area contributed by atoms with Crippen molar-refractivity contribution in [2.24, 2.45) is 0 Å². The third-order valence-corrected chi connectivity index (χ3v) is 2.11. The van der Waals surface area contributed by atoms with Crippen LogP contribution in [0.5, 0.6) is 0 Å². The van der Waals surface area contributed by atoms with Gasteiger partial charge in [-0.25, -0.2) is 4.98 Å². The number of hydrogen-bond acceptors (Lipinski definition) is 3. The molecule has 0 atom stereocenters. The molecular formula is C11H13F3N2O. The van der Waals surface area contributed by atoms with Gasteiger partial charge in [0.15, 0.2) is 6.29 Å². The Morgan fingerprint density at radius 3 is 2.71 bits per heavy atom. The Morgan fingerprint density at radius 1 is 1.47 bits per heavy atom. The lowest BCUT2D eigenvalue weighted by molar-refractivity contribution is -0.119. The number of halogens is 3. The number of pyridine rings is 1. The average Bonchev–Trinajstić information content (AvgIpc) is 2.27. The maximum Gasteiger partial charge on any atom is 0.405 e. The number of aldehydes is 1. The first-order chi connectivity index (χ1) is 7.98. The lowest BCUT2D eigenvalue weighted by atomic mass is 10.2. The van der Waals surface area contributed by atoms with Gasteiger partial charge in [0.2, 0.25) is 0 Å². The summed E-state index contributed by atoms with van der Waals surface area (Å²) in [7, 11) is 0. The number of rotatable bonds is 5. The van der Waals surface area contributed by atoms with Gasteiger partial charge in [0.05, 0.1) is 5.56 Å². The van der Waals surface area contributed by atoms with Crippen molar-refractivity contribution in [3.63, 3.8) is 0 Å². The molecule has 17 heavy (non-hydrogen) atoms. The first-order valence-corrected chi connectivity index (χ1v) is 5.20. The zero-order chi connectivity index (χ0) is 12.9. The van der Waals surface area contributed by atoms with Crippen molar-refractivity contribution in [3.05, 3.63) is 23.9 Å². The lowest BCUT2D eigenvalue weighted by Gasteiger charge is -2.25. The topological polar surface area (TPSA) is 33.2 Å². The summed E-state index contributed by atoms with van der Waals surface area (Å²) in [6.45, 7) is 0.878. The van der Waals surface area contributed by atoms with Crippen LogP contribution in [-0.4, -0.2) is 30.5 Å². The zero-order valence-corrected chi connectivity index (χ0v) is 9.37. The summed E-state index contributed by atoms with van der Waals surface area (Å²) in [5.41, 5.74) is 0.171. The van der Waals surface area contributed by atoms with Gasteiger partial charge in [0, 0.05) is 12.7 Å². The fourth-order valence-electron chi connectivity index (χ4n) is 1.51. The minimum absolute atomic E-state index is 0.0849. The third-order valence-electron chi connectivity index (χ3n) is 2.11. The molecule has 0 saturated carbocycles. The molecule has 0 aliphatic heterocycles. The summed E-state index contributed by atoms with van der Waals surface area (Å²) in [5, 5.41) is 0. The molecule has 0 saturated heterocycles. The fourth-order valence-corrected chi connectivity index (χ4v) is 1.51. The van der Waals surface area contributed by atoms with Gasteiger partial charge in [-0.3, -0.25) is 4.79 Å². The van der Waals surface area contributed by atoms with Crippen LogP contribution in [0.2, 0.25) is 0 Å². The van der Waals surface area contributed by atoms with E-state index in [9.17, 15) is 18.0 Å². The van der Waals surface area contributed by atoms with E-state index in [1.54, 1.807) is 6.92 Å². The van der Waals surface area contributed by atoms with Crippen LogP contribution in [0.1, 0.15) is 23.7 Å². The van der Waals surface area contributed by atoms with Crippen molar-refractivity contribution in [1.82, 2.24) is 4.98 Å². The van der Waals surface area contributed by atoms with Crippen molar-refractivity contribution < 1.29 is 18.0 Å². The van der Waals surface area contributed by atoms with Gasteiger partial charge in [-0.1, -0.05) is 6.92 Å². The SMILES string of the molecule is CCCN(CC(F)(F)F)c1ncccc1C=O. The number of hydrogen-bond donors (Lipinski definition) is 0. The Morgan fingerprint density at radius 2 is 2.18 bits per heavy atom. The highest BCUT2D eigenvalue weighted by molar-refractivity contribution is 5.82. The summed E-state index contributed by atoms with van der Waals surface area (Å²) in [5.74, 6) is 0.0849. The minimum atomic E-state index is -4.31. The number of alkyl halides is 3. The predicted octanol–water partition coefficient (Wildman–Crippen LogP) is 2.67. The van der Waals surface area contributed by atoms with E-state index in [1.165, 1.54) is 18.3 Å². The summed E-state index contributed by atoms with van der Waals surface area (Å²) in [6, 6.07) is 2.97. The predicted molar refractivity (Wildman–Crippen MR) is 58.2 cm³/mol. The Kier molecular flexibility index (Phi) is 4.48. The van der Waals surface area contributed by atoms with E-state index in [1.807, 2.05) is 0 Å². The second-order valence-electron chi connectivity index (χ2n) is 3.57. The quantitative estimate of drug-likeness (QED) is 0.749. The number of aromatic nitrogens is 1. The molecule has 6 heteroatoms. The number of anilines is 1. The molecule has 1 aromatic heterocycles. The van der Waals surface area contributed by atoms with Gasteiger partial charge in [-0.2, -0.15) is 13.2 Å². The van der Waals surface area contributed by atoms with Crippen LogP contribution in [0, 0.1) is 0 Å². The van der Waals surface area contributed by atoms with E-state index >= 15 is 0 Å². The highest BCUT2D eigenvalue weighted by Gasteiger charge is 2.31. The summed E-state index contributed by atoms with van der Waals surface area (Å²) in [4.78, 5) is 15.7. The molecule has 0 amide bonds. The molecule has 0 spiro atoms. The van der Waals surface area contributed by atoms with Gasteiger partial charge >= 0.3 is 6.18 Å². The molecule has 1 rings (SSSR count). The maximum absolute atomic E-state index is 12.4. The maximum atomic E-state index is 12.4. The molecule has 0 radical (unpaired) electrons. The normalized spacial score (nSPS) is 11.3. The van der Waals surface area contributed by atoms with Crippen LogP contribution >= 0.6 is 0 Å². The third kappa shape index (κ3) is 4.05. The van der Waals surface area contributed by atoms with Crippen LogP contribution in [0.4, 0.5) is 19.0 Å². The average molecular weight is 246 g/mol. The minimum Gasteiger partial charge on any atom is -0.347 e. The second-order valence-corrected chi connectivity index (χ2v) is 3.57. The van der Waals surface area contributed by atoms with Gasteiger partial charge < -0.3 is 4.90 Å². The molecule has 0 bridgehead atoms. The monoisotopic (exact) mass is 246 g/mol. The van der Waals surface area contributed by atoms with Crippen LogP contribution in [0.3, 0.4) is 0 Å². The standard InChI is InChI=1S/C11H13F3N2O/c1-2-6-16(8-11(12,13)14)10-9(7-17)4-3-5-15-10/h3-5,7H,2,6,8H2,1H3. The molecule has 0 aromatic carbocycles. The van der Waals surface area contributed by atoms with Gasteiger partial charge in [0.25, 0.3) is 0 Å². The summed E-state index contributed by atoms with van der Waals surface area (Å²) >= 11 is 0. The van der Waals surface area contributed by atoms with E-state index in [0.29, 0.717) is 12.7 Å². The second kappa shape index (κ2) is 5.65. The molecule has 3 nitrogen and oxygen atoms in total. The van der Waals surface area contributed by atoms with E-state index in [-0.39, 0.29) is 17.9 Å². The van der Waals surface area contributed by atoms with Crippen LogP contribution in [-0.2, 0) is 0 Å². The fraction of sp³-hybridized carbons (Fsp3) is 0.455. The lowest BCUT2D eigenvalue weighted by Crippen LogP contribution is -2.36. The van der Waals surface area contributed by atoms with Crippen molar-refractivity contribution in [1.29, 1.82) is 0 Å². The first kappa shape index (κ1) is 13.5. The van der Waals surface area contributed by atoms with Gasteiger partial charge in [-0.05, 0) is 18.6 Å².